The third kappa shape index (κ3) is 3.47. The van der Waals surface area contributed by atoms with Gasteiger partial charge in [0, 0.05) is 4.90 Å². The highest BCUT2D eigenvalue weighted by Crippen LogP contribution is 2.35. The van der Waals surface area contributed by atoms with Crippen LogP contribution in [0.15, 0.2) is 31.8 Å². The Labute approximate surface area is 120 Å². The van der Waals surface area contributed by atoms with Crippen LogP contribution in [-0.4, -0.2) is 23.0 Å². The first-order valence-corrected chi connectivity index (χ1v) is 8.43. The van der Waals surface area contributed by atoms with Gasteiger partial charge in [-0.25, -0.2) is 0 Å². The zero-order valence-electron chi connectivity index (χ0n) is 10.3. The third-order valence-electron chi connectivity index (χ3n) is 2.39. The van der Waals surface area contributed by atoms with Crippen molar-refractivity contribution in [3.05, 3.63) is 29.3 Å². The van der Waals surface area contributed by atoms with E-state index in [0.717, 1.165) is 15.1 Å². The van der Waals surface area contributed by atoms with Gasteiger partial charge in [0.15, 0.2) is 8.68 Å². The maximum atomic E-state index is 5.66. The Morgan fingerprint density at radius 1 is 1.28 bits per heavy atom. The van der Waals surface area contributed by atoms with Crippen molar-refractivity contribution in [2.75, 3.05) is 12.8 Å². The van der Waals surface area contributed by atoms with Crippen molar-refractivity contribution in [1.29, 1.82) is 0 Å². The quantitative estimate of drug-likeness (QED) is 0.859. The van der Waals surface area contributed by atoms with E-state index in [1.807, 2.05) is 6.26 Å². The molecule has 18 heavy (non-hydrogen) atoms. The highest BCUT2D eigenvalue weighted by atomic mass is 32.2. The summed E-state index contributed by atoms with van der Waals surface area (Å²) in [5, 5.41) is 8.30. The minimum absolute atomic E-state index is 0.670. The molecule has 96 valence electrons. The first kappa shape index (κ1) is 13.9. The third-order valence-corrected chi connectivity index (χ3v) is 5.46. The summed E-state index contributed by atoms with van der Waals surface area (Å²) in [5.74, 6) is 0. The number of thioether (sulfide) groups is 1. The molecular formula is C12H15N3S3. The first-order valence-electron chi connectivity index (χ1n) is 5.58. The molecule has 0 spiro atoms. The molecule has 0 amide bonds. The van der Waals surface area contributed by atoms with E-state index in [9.17, 15) is 0 Å². The lowest BCUT2D eigenvalue weighted by Crippen LogP contribution is -2.03. The molecule has 0 bridgehead atoms. The molecule has 0 saturated heterocycles. The molecule has 0 saturated carbocycles. The van der Waals surface area contributed by atoms with Gasteiger partial charge in [0.2, 0.25) is 0 Å². The van der Waals surface area contributed by atoms with Crippen LogP contribution in [0, 0.1) is 6.92 Å². The van der Waals surface area contributed by atoms with Gasteiger partial charge in [-0.2, -0.15) is 0 Å². The van der Waals surface area contributed by atoms with Crippen LogP contribution in [0.3, 0.4) is 0 Å². The molecule has 0 fully saturated rings. The predicted octanol–water partition coefficient (Wildman–Crippen LogP) is 3.22. The Bertz CT molecular complexity index is 525. The molecule has 1 heterocycles. The molecule has 1 aromatic heterocycles. The number of nitrogens with zero attached hydrogens (tertiary/aromatic N) is 2. The Morgan fingerprint density at radius 2 is 2.06 bits per heavy atom. The van der Waals surface area contributed by atoms with Gasteiger partial charge < -0.3 is 5.73 Å². The van der Waals surface area contributed by atoms with E-state index in [1.54, 1.807) is 34.9 Å². The summed E-state index contributed by atoms with van der Waals surface area (Å²) in [5.41, 5.74) is 8.22. The summed E-state index contributed by atoms with van der Waals surface area (Å²) < 4.78 is 1.99. The van der Waals surface area contributed by atoms with Crippen LogP contribution >= 0.6 is 34.9 Å². The summed E-state index contributed by atoms with van der Waals surface area (Å²) in [6, 6.07) is 6.47. The van der Waals surface area contributed by atoms with Crippen molar-refractivity contribution in [3.8, 4) is 0 Å². The highest BCUT2D eigenvalue weighted by molar-refractivity contribution is 8.03. The molecule has 3 nitrogen and oxygen atoms in total. The second kappa shape index (κ2) is 6.56. The lowest BCUT2D eigenvalue weighted by molar-refractivity contribution is 0.936. The number of aryl methyl sites for hydroxylation is 1. The van der Waals surface area contributed by atoms with E-state index in [2.05, 4.69) is 35.3 Å². The fourth-order valence-electron chi connectivity index (χ4n) is 1.57. The maximum Gasteiger partial charge on any atom is 0.179 e. The topological polar surface area (TPSA) is 51.8 Å². The zero-order valence-corrected chi connectivity index (χ0v) is 12.8. The molecule has 0 aliphatic carbocycles. The van der Waals surface area contributed by atoms with E-state index in [1.165, 1.54) is 16.0 Å². The van der Waals surface area contributed by atoms with Crippen molar-refractivity contribution in [1.82, 2.24) is 10.2 Å². The van der Waals surface area contributed by atoms with E-state index in [0.29, 0.717) is 6.54 Å². The van der Waals surface area contributed by atoms with E-state index in [-0.39, 0.29) is 0 Å². The van der Waals surface area contributed by atoms with Crippen molar-refractivity contribution in [2.24, 2.45) is 5.73 Å². The predicted molar refractivity (Wildman–Crippen MR) is 79.8 cm³/mol. The molecule has 0 aliphatic heterocycles. The van der Waals surface area contributed by atoms with Gasteiger partial charge in [-0.3, -0.25) is 0 Å². The van der Waals surface area contributed by atoms with Crippen molar-refractivity contribution in [3.63, 3.8) is 0 Å². The summed E-state index contributed by atoms with van der Waals surface area (Å²) in [6.07, 6.45) is 2.92. The number of nitrogens with two attached hydrogens (primary N) is 1. The molecular weight excluding hydrogens is 282 g/mol. The van der Waals surface area contributed by atoms with Crippen molar-refractivity contribution >= 4 is 34.9 Å². The number of aromatic nitrogens is 2. The lowest BCUT2D eigenvalue weighted by atomic mass is 10.1. The van der Waals surface area contributed by atoms with Crippen LogP contribution < -0.4 is 5.73 Å². The van der Waals surface area contributed by atoms with Gasteiger partial charge in [-0.15, -0.1) is 10.2 Å². The Balaban J connectivity index is 2.22. The molecule has 6 heteroatoms. The number of benzene rings is 1. The van der Waals surface area contributed by atoms with Gasteiger partial charge in [0.25, 0.3) is 0 Å². The normalized spacial score (nSPS) is 10.8. The fraction of sp³-hybridized carbons (Fsp3) is 0.333. The van der Waals surface area contributed by atoms with Gasteiger partial charge in [0.05, 0.1) is 0 Å². The smallest absolute Gasteiger partial charge is 0.179 e. The molecule has 0 aliphatic rings. The molecule has 1 aromatic carbocycles. The van der Waals surface area contributed by atoms with E-state index in [4.69, 9.17) is 5.73 Å². The molecule has 2 N–H and O–H groups in total. The van der Waals surface area contributed by atoms with Crippen molar-refractivity contribution in [2.45, 2.75) is 26.9 Å². The van der Waals surface area contributed by atoms with Crippen LogP contribution in [0.4, 0.5) is 0 Å². The van der Waals surface area contributed by atoms with Crippen molar-refractivity contribution < 1.29 is 0 Å². The second-order valence-electron chi connectivity index (χ2n) is 3.79. The number of hydrogen-bond acceptors (Lipinski definition) is 6. The Hall–Kier alpha value is -0.560. The van der Waals surface area contributed by atoms with Crippen LogP contribution in [0.5, 0.6) is 0 Å². The van der Waals surface area contributed by atoms with Crippen LogP contribution in [0.1, 0.15) is 11.1 Å². The number of hydrogen-bond donors (Lipinski definition) is 1. The fourth-order valence-corrected chi connectivity index (χ4v) is 4.11. The lowest BCUT2D eigenvalue weighted by Gasteiger charge is -2.07. The van der Waals surface area contributed by atoms with Crippen LogP contribution in [-0.2, 0) is 6.42 Å². The highest BCUT2D eigenvalue weighted by Gasteiger charge is 2.09. The van der Waals surface area contributed by atoms with Gasteiger partial charge in [0.1, 0.15) is 0 Å². The standard InChI is InChI=1S/C12H15N3S3/c1-8-3-4-10(9(7-8)5-6-13)17-12-15-14-11(16-2)18-12/h3-4,7H,5-6,13H2,1-2H3. The zero-order chi connectivity index (χ0) is 13.0. The first-order chi connectivity index (χ1) is 8.72. The van der Waals surface area contributed by atoms with Gasteiger partial charge in [-0.05, 0) is 37.8 Å². The summed E-state index contributed by atoms with van der Waals surface area (Å²) >= 11 is 4.93. The monoisotopic (exact) mass is 297 g/mol. The maximum absolute atomic E-state index is 5.66. The van der Waals surface area contributed by atoms with E-state index < -0.39 is 0 Å². The SMILES string of the molecule is CSc1nnc(Sc2ccc(C)cc2CCN)s1. The minimum atomic E-state index is 0.670. The summed E-state index contributed by atoms with van der Waals surface area (Å²) in [4.78, 5) is 1.23. The molecule has 0 radical (unpaired) electrons. The largest absolute Gasteiger partial charge is 0.330 e. The summed E-state index contributed by atoms with van der Waals surface area (Å²) in [6.45, 7) is 2.77. The summed E-state index contributed by atoms with van der Waals surface area (Å²) in [7, 11) is 0. The second-order valence-corrected chi connectivity index (χ2v) is 7.11. The molecule has 2 aromatic rings. The minimum Gasteiger partial charge on any atom is -0.330 e. The van der Waals surface area contributed by atoms with Crippen LogP contribution in [0.2, 0.25) is 0 Å². The average molecular weight is 297 g/mol. The Kier molecular flexibility index (Phi) is 5.05. The molecule has 0 atom stereocenters. The molecule has 2 rings (SSSR count). The Morgan fingerprint density at radius 3 is 2.72 bits per heavy atom. The van der Waals surface area contributed by atoms with Gasteiger partial charge >= 0.3 is 0 Å². The average Bonchev–Trinajstić information content (AvgIpc) is 2.81. The van der Waals surface area contributed by atoms with Crippen LogP contribution in [0.25, 0.3) is 0 Å². The van der Waals surface area contributed by atoms with E-state index >= 15 is 0 Å². The molecule has 0 unspecified atom stereocenters. The number of rotatable bonds is 5. The van der Waals surface area contributed by atoms with Gasteiger partial charge in [-0.1, -0.05) is 52.6 Å².